The third-order valence-corrected chi connectivity index (χ3v) is 6.27. The van der Waals surface area contributed by atoms with E-state index < -0.39 is 10.0 Å². The second-order valence-corrected chi connectivity index (χ2v) is 7.70. The van der Waals surface area contributed by atoms with Crippen LogP contribution in [0.4, 0.5) is 5.82 Å². The van der Waals surface area contributed by atoms with Gasteiger partial charge in [-0.15, -0.1) is 11.3 Å². The zero-order chi connectivity index (χ0) is 14.3. The van der Waals surface area contributed by atoms with Crippen LogP contribution in [0.5, 0.6) is 0 Å². The van der Waals surface area contributed by atoms with Gasteiger partial charge in [0.1, 0.15) is 0 Å². The van der Waals surface area contributed by atoms with Gasteiger partial charge in [-0.25, -0.2) is 13.4 Å². The molecule has 1 fully saturated rings. The molecule has 0 aliphatic heterocycles. The highest BCUT2D eigenvalue weighted by molar-refractivity contribution is 7.89. The molecule has 2 heterocycles. The quantitative estimate of drug-likeness (QED) is 0.884. The molecule has 110 valence electrons. The summed E-state index contributed by atoms with van der Waals surface area (Å²) < 4.78 is 29.0. The van der Waals surface area contributed by atoms with Gasteiger partial charge in [-0.2, -0.15) is 4.31 Å². The number of sulfonamides is 1. The maximum Gasteiger partial charge on any atom is 0.262 e. The highest BCUT2D eigenvalue weighted by Gasteiger charge is 2.34. The Labute approximate surface area is 122 Å². The topological polar surface area (TPSA) is 66.7 Å². The average Bonchev–Trinajstić information content (AvgIpc) is 2.99. The van der Waals surface area contributed by atoms with Crippen molar-refractivity contribution < 1.29 is 8.42 Å². The number of imidazole rings is 1. The van der Waals surface area contributed by atoms with Crippen LogP contribution in [0, 0.1) is 5.92 Å². The van der Waals surface area contributed by atoms with Crippen molar-refractivity contribution in [2.24, 2.45) is 5.92 Å². The number of thiazole rings is 1. The van der Waals surface area contributed by atoms with E-state index in [-0.39, 0.29) is 5.03 Å². The summed E-state index contributed by atoms with van der Waals surface area (Å²) in [5, 5.41) is 4.99. The van der Waals surface area contributed by atoms with Crippen LogP contribution in [0.15, 0.2) is 16.6 Å². The molecule has 0 bridgehead atoms. The molecule has 0 atom stereocenters. The Bertz CT molecular complexity index is 715. The Morgan fingerprint density at radius 1 is 1.55 bits per heavy atom. The molecule has 0 spiro atoms. The Morgan fingerprint density at radius 3 is 2.90 bits per heavy atom. The van der Waals surface area contributed by atoms with Crippen LogP contribution < -0.4 is 5.32 Å². The summed E-state index contributed by atoms with van der Waals surface area (Å²) >= 11 is 1.43. The van der Waals surface area contributed by atoms with Gasteiger partial charge in [-0.3, -0.25) is 4.40 Å². The normalized spacial score (nSPS) is 16.1. The lowest BCUT2D eigenvalue weighted by Gasteiger charge is -2.20. The van der Waals surface area contributed by atoms with Gasteiger partial charge in [-0.05, 0) is 18.8 Å². The summed E-state index contributed by atoms with van der Waals surface area (Å²) in [7, 11) is -1.83. The van der Waals surface area contributed by atoms with Crippen LogP contribution in [-0.4, -0.2) is 42.2 Å². The molecule has 1 aliphatic rings. The monoisotopic (exact) mass is 314 g/mol. The summed E-state index contributed by atoms with van der Waals surface area (Å²) in [6.07, 6.45) is 4.02. The maximum atomic E-state index is 12.9. The van der Waals surface area contributed by atoms with Crippen molar-refractivity contribution in [1.29, 1.82) is 0 Å². The predicted molar refractivity (Wildman–Crippen MR) is 79.8 cm³/mol. The van der Waals surface area contributed by atoms with Crippen molar-refractivity contribution in [3.63, 3.8) is 0 Å². The van der Waals surface area contributed by atoms with Crippen LogP contribution in [0.1, 0.15) is 19.8 Å². The number of nitrogens with one attached hydrogen (secondary N) is 1. The van der Waals surface area contributed by atoms with Crippen LogP contribution in [0.25, 0.3) is 4.96 Å². The van der Waals surface area contributed by atoms with Gasteiger partial charge < -0.3 is 5.32 Å². The molecule has 0 unspecified atom stereocenters. The van der Waals surface area contributed by atoms with Crippen LogP contribution in [0.2, 0.25) is 0 Å². The van der Waals surface area contributed by atoms with Crippen molar-refractivity contribution in [1.82, 2.24) is 13.7 Å². The zero-order valence-corrected chi connectivity index (χ0v) is 13.2. The fraction of sp³-hybridized carbons (Fsp3) is 0.583. The van der Waals surface area contributed by atoms with Gasteiger partial charge in [0.05, 0.1) is 0 Å². The van der Waals surface area contributed by atoms with Crippen molar-refractivity contribution in [3.05, 3.63) is 11.6 Å². The van der Waals surface area contributed by atoms with Gasteiger partial charge in [-0.1, -0.05) is 6.92 Å². The van der Waals surface area contributed by atoms with E-state index in [2.05, 4.69) is 10.3 Å². The number of aromatic nitrogens is 2. The molecule has 1 N–H and O–H groups in total. The molecule has 8 heteroatoms. The highest BCUT2D eigenvalue weighted by atomic mass is 32.2. The molecular formula is C12H18N4O2S2. The third-order valence-electron chi connectivity index (χ3n) is 3.55. The van der Waals surface area contributed by atoms with E-state index in [4.69, 9.17) is 0 Å². The second kappa shape index (κ2) is 5.01. The lowest BCUT2D eigenvalue weighted by Crippen LogP contribution is -2.33. The van der Waals surface area contributed by atoms with Gasteiger partial charge in [0.15, 0.2) is 15.8 Å². The summed E-state index contributed by atoms with van der Waals surface area (Å²) in [6, 6.07) is 0. The van der Waals surface area contributed by atoms with E-state index in [9.17, 15) is 8.42 Å². The molecular weight excluding hydrogens is 296 g/mol. The predicted octanol–water partition coefficient (Wildman–Crippen LogP) is 1.86. The van der Waals surface area contributed by atoms with Crippen LogP contribution >= 0.6 is 11.3 Å². The summed E-state index contributed by atoms with van der Waals surface area (Å²) in [5.41, 5.74) is 0. The Balaban J connectivity index is 2.08. The highest BCUT2D eigenvalue weighted by Crippen LogP contribution is 2.33. The molecule has 2 aromatic heterocycles. The first-order valence-corrected chi connectivity index (χ1v) is 9.03. The van der Waals surface area contributed by atoms with Gasteiger partial charge in [0, 0.05) is 31.7 Å². The van der Waals surface area contributed by atoms with Gasteiger partial charge in [0.25, 0.3) is 10.0 Å². The van der Waals surface area contributed by atoms with Gasteiger partial charge >= 0.3 is 0 Å². The molecule has 20 heavy (non-hydrogen) atoms. The summed E-state index contributed by atoms with van der Waals surface area (Å²) in [6.45, 7) is 2.98. The van der Waals surface area contributed by atoms with Crippen LogP contribution in [0.3, 0.4) is 0 Å². The number of hydrogen-bond donors (Lipinski definition) is 1. The van der Waals surface area contributed by atoms with Gasteiger partial charge in [0.2, 0.25) is 0 Å². The minimum absolute atomic E-state index is 0.249. The molecule has 0 aromatic carbocycles. The largest absolute Gasteiger partial charge is 0.371 e. The molecule has 0 saturated heterocycles. The molecule has 1 saturated carbocycles. The average molecular weight is 314 g/mol. The number of nitrogens with zero attached hydrogens (tertiary/aromatic N) is 3. The summed E-state index contributed by atoms with van der Waals surface area (Å²) in [4.78, 5) is 5.02. The lowest BCUT2D eigenvalue weighted by molar-refractivity contribution is 0.410. The van der Waals surface area contributed by atoms with Crippen molar-refractivity contribution in [2.75, 3.05) is 25.5 Å². The first kappa shape index (κ1) is 13.8. The fourth-order valence-electron chi connectivity index (χ4n) is 2.28. The Morgan fingerprint density at radius 2 is 2.30 bits per heavy atom. The molecule has 2 aromatic rings. The molecule has 0 amide bonds. The van der Waals surface area contributed by atoms with Crippen LogP contribution in [-0.2, 0) is 10.0 Å². The number of anilines is 1. The minimum Gasteiger partial charge on any atom is -0.371 e. The maximum absolute atomic E-state index is 12.9. The van der Waals surface area contributed by atoms with Crippen molar-refractivity contribution in [3.8, 4) is 0 Å². The second-order valence-electron chi connectivity index (χ2n) is 4.97. The molecule has 1 aliphatic carbocycles. The number of rotatable bonds is 6. The number of fused-ring (bicyclic) bond motifs is 1. The smallest absolute Gasteiger partial charge is 0.262 e. The van der Waals surface area contributed by atoms with E-state index in [1.165, 1.54) is 11.3 Å². The van der Waals surface area contributed by atoms with Crippen molar-refractivity contribution in [2.45, 2.75) is 24.8 Å². The lowest BCUT2D eigenvalue weighted by atomic mass is 10.4. The van der Waals surface area contributed by atoms with E-state index >= 15 is 0 Å². The van der Waals surface area contributed by atoms with E-state index in [1.807, 2.05) is 12.3 Å². The van der Waals surface area contributed by atoms with E-state index in [1.54, 1.807) is 22.0 Å². The SMILES string of the molecule is CCN(CC1CC1)S(=O)(=O)c1c(NC)nc2sccn12. The molecule has 3 rings (SSSR count). The van der Waals surface area contributed by atoms with Crippen molar-refractivity contribution >= 4 is 32.1 Å². The first-order chi connectivity index (χ1) is 9.57. The van der Waals surface area contributed by atoms with E-state index in [0.29, 0.717) is 29.8 Å². The minimum atomic E-state index is -3.52. The number of hydrogen-bond acceptors (Lipinski definition) is 5. The third kappa shape index (κ3) is 2.21. The summed E-state index contributed by atoms with van der Waals surface area (Å²) in [5.74, 6) is 0.944. The molecule has 6 nitrogen and oxygen atoms in total. The Hall–Kier alpha value is -1.12. The molecule has 0 radical (unpaired) electrons. The Kier molecular flexibility index (Phi) is 3.47. The first-order valence-electron chi connectivity index (χ1n) is 6.71. The fourth-order valence-corrected chi connectivity index (χ4v) is 4.83. The zero-order valence-electron chi connectivity index (χ0n) is 11.5. The standard InChI is InChI=1S/C12H18N4O2S2/c1-3-15(8-9-4-5-9)20(17,18)11-10(13-2)14-12-16(11)6-7-19-12/h6-7,9,13H,3-5,8H2,1-2H3. The van der Waals surface area contributed by atoms with E-state index in [0.717, 1.165) is 12.8 Å².